The van der Waals surface area contributed by atoms with Crippen LogP contribution in [0.1, 0.15) is 17.3 Å². The highest BCUT2D eigenvalue weighted by Crippen LogP contribution is 2.09. The molecule has 0 aromatic heterocycles. The van der Waals surface area contributed by atoms with Crippen LogP contribution in [0, 0.1) is 0 Å². The van der Waals surface area contributed by atoms with Crippen molar-refractivity contribution in [1.82, 2.24) is 5.32 Å². The Morgan fingerprint density at radius 2 is 1.84 bits per heavy atom. The number of carbonyl (C=O) groups is 3. The van der Waals surface area contributed by atoms with Gasteiger partial charge in [0.15, 0.2) is 0 Å². The maximum absolute atomic E-state index is 11.6. The quantitative estimate of drug-likeness (QED) is 0.558. The number of hydrogen-bond acceptors (Lipinski definition) is 4. The fraction of sp³-hybridized carbons (Fsp3) is 0.250. The van der Waals surface area contributed by atoms with Gasteiger partial charge in [-0.05, 0) is 24.3 Å². The lowest BCUT2D eigenvalue weighted by molar-refractivity contribution is -0.125. The summed E-state index contributed by atoms with van der Waals surface area (Å²) < 4.78 is 0. The largest absolute Gasteiger partial charge is 0.381 e. The zero-order valence-corrected chi connectivity index (χ0v) is 10.3. The number of aliphatic hydroxyl groups excluding tert-OH is 1. The lowest BCUT2D eigenvalue weighted by Crippen LogP contribution is -2.39. The van der Waals surface area contributed by atoms with E-state index in [4.69, 9.17) is 10.8 Å². The molecule has 7 nitrogen and oxygen atoms in total. The maximum atomic E-state index is 11.6. The van der Waals surface area contributed by atoms with Crippen LogP contribution >= 0.6 is 0 Å². The normalized spacial score (nSPS) is 11.5. The van der Waals surface area contributed by atoms with E-state index in [-0.39, 0.29) is 12.5 Å². The lowest BCUT2D eigenvalue weighted by atomic mass is 10.2. The van der Waals surface area contributed by atoms with Gasteiger partial charge in [0.05, 0.1) is 6.54 Å². The Bertz CT molecular complexity index is 484. The molecule has 102 valence electrons. The van der Waals surface area contributed by atoms with Gasteiger partial charge in [-0.2, -0.15) is 0 Å². The van der Waals surface area contributed by atoms with E-state index in [1.807, 2.05) is 0 Å². The van der Waals surface area contributed by atoms with E-state index in [2.05, 4.69) is 10.6 Å². The van der Waals surface area contributed by atoms with E-state index in [0.29, 0.717) is 11.3 Å². The monoisotopic (exact) mass is 265 g/mol. The molecule has 0 aliphatic heterocycles. The van der Waals surface area contributed by atoms with Crippen LogP contribution in [0.15, 0.2) is 24.3 Å². The van der Waals surface area contributed by atoms with Crippen molar-refractivity contribution in [3.8, 4) is 0 Å². The van der Waals surface area contributed by atoms with Crippen molar-refractivity contribution in [3.63, 3.8) is 0 Å². The second kappa shape index (κ2) is 6.50. The first-order chi connectivity index (χ1) is 8.90. The first-order valence-corrected chi connectivity index (χ1v) is 5.53. The highest BCUT2D eigenvalue weighted by Gasteiger charge is 2.13. The summed E-state index contributed by atoms with van der Waals surface area (Å²) in [5.74, 6) is -1.56. The third-order valence-electron chi connectivity index (χ3n) is 2.25. The van der Waals surface area contributed by atoms with Crippen molar-refractivity contribution in [1.29, 1.82) is 0 Å². The van der Waals surface area contributed by atoms with E-state index in [1.165, 1.54) is 19.1 Å². The fourth-order valence-electron chi connectivity index (χ4n) is 1.30. The van der Waals surface area contributed by atoms with Crippen molar-refractivity contribution in [2.45, 2.75) is 13.0 Å². The topological polar surface area (TPSA) is 122 Å². The van der Waals surface area contributed by atoms with Gasteiger partial charge in [0.25, 0.3) is 5.91 Å². The van der Waals surface area contributed by atoms with E-state index in [0.717, 1.165) is 0 Å². The summed E-state index contributed by atoms with van der Waals surface area (Å²) in [7, 11) is 0. The van der Waals surface area contributed by atoms with Crippen molar-refractivity contribution in [3.05, 3.63) is 29.8 Å². The van der Waals surface area contributed by atoms with Crippen LogP contribution in [0.3, 0.4) is 0 Å². The lowest BCUT2D eigenvalue weighted by Gasteiger charge is -2.09. The van der Waals surface area contributed by atoms with Crippen molar-refractivity contribution < 1.29 is 19.5 Å². The van der Waals surface area contributed by atoms with Gasteiger partial charge < -0.3 is 21.5 Å². The van der Waals surface area contributed by atoms with E-state index in [9.17, 15) is 14.4 Å². The molecule has 1 rings (SSSR count). The standard InChI is InChI=1S/C12H15N3O4/c1-7(16)15-9-4-2-8(3-5-9)12(19)14-6-10(17)11(13)18/h2-5,10,17H,6H2,1H3,(H2,13,18)(H,14,19)(H,15,16). The molecule has 1 aromatic carbocycles. The molecule has 1 aromatic rings. The molecule has 0 aliphatic rings. The fourth-order valence-corrected chi connectivity index (χ4v) is 1.30. The van der Waals surface area contributed by atoms with E-state index in [1.54, 1.807) is 12.1 Å². The molecule has 1 unspecified atom stereocenters. The summed E-state index contributed by atoms with van der Waals surface area (Å²) in [4.78, 5) is 33.0. The molecule has 0 radical (unpaired) electrons. The van der Waals surface area contributed by atoms with Gasteiger partial charge >= 0.3 is 0 Å². The number of nitrogens with two attached hydrogens (primary N) is 1. The molecular formula is C12H15N3O4. The number of aliphatic hydroxyl groups is 1. The Labute approximate surface area is 109 Å². The molecule has 0 heterocycles. The van der Waals surface area contributed by atoms with Crippen molar-refractivity contribution in [2.24, 2.45) is 5.73 Å². The molecule has 3 amide bonds. The minimum absolute atomic E-state index is 0.207. The van der Waals surface area contributed by atoms with E-state index < -0.39 is 17.9 Å². The Morgan fingerprint density at radius 1 is 1.26 bits per heavy atom. The molecule has 0 spiro atoms. The Hall–Kier alpha value is -2.41. The number of amides is 3. The number of hydrogen-bond donors (Lipinski definition) is 4. The second-order valence-electron chi connectivity index (χ2n) is 3.89. The van der Waals surface area contributed by atoms with E-state index >= 15 is 0 Å². The van der Waals surface area contributed by atoms with Gasteiger partial charge in [0.1, 0.15) is 6.10 Å². The Kier molecular flexibility index (Phi) is 5.01. The van der Waals surface area contributed by atoms with Crippen molar-refractivity contribution >= 4 is 23.4 Å². The first kappa shape index (κ1) is 14.7. The molecule has 0 bridgehead atoms. The minimum Gasteiger partial charge on any atom is -0.381 e. The average Bonchev–Trinajstić information content (AvgIpc) is 2.35. The molecule has 0 saturated heterocycles. The highest BCUT2D eigenvalue weighted by atomic mass is 16.3. The van der Waals surface area contributed by atoms with Gasteiger partial charge in [-0.1, -0.05) is 0 Å². The summed E-state index contributed by atoms with van der Waals surface area (Å²) in [5.41, 5.74) is 5.76. The van der Waals surface area contributed by atoms with Crippen LogP contribution in [0.4, 0.5) is 5.69 Å². The molecule has 5 N–H and O–H groups in total. The summed E-state index contributed by atoms with van der Waals surface area (Å²) >= 11 is 0. The van der Waals surface area contributed by atoms with Crippen molar-refractivity contribution in [2.75, 3.05) is 11.9 Å². The highest BCUT2D eigenvalue weighted by molar-refractivity contribution is 5.95. The van der Waals surface area contributed by atoms with Crippen LogP contribution in [0.2, 0.25) is 0 Å². The SMILES string of the molecule is CC(=O)Nc1ccc(C(=O)NCC(O)C(N)=O)cc1. The molecule has 1 atom stereocenters. The maximum Gasteiger partial charge on any atom is 0.251 e. The summed E-state index contributed by atoms with van der Waals surface area (Å²) in [6.45, 7) is 1.13. The van der Waals surface area contributed by atoms with Crippen LogP contribution in [-0.2, 0) is 9.59 Å². The molecule has 0 saturated carbocycles. The number of nitrogens with one attached hydrogen (secondary N) is 2. The van der Waals surface area contributed by atoms with Crippen LogP contribution in [0.5, 0.6) is 0 Å². The van der Waals surface area contributed by atoms with Crippen LogP contribution in [0.25, 0.3) is 0 Å². The molecule has 7 heteroatoms. The van der Waals surface area contributed by atoms with Gasteiger partial charge in [0.2, 0.25) is 11.8 Å². The predicted octanol–water partition coefficient (Wildman–Crippen LogP) is -0.779. The number of benzene rings is 1. The van der Waals surface area contributed by atoms with Gasteiger partial charge in [-0.15, -0.1) is 0 Å². The number of carbonyl (C=O) groups excluding carboxylic acids is 3. The van der Waals surface area contributed by atoms with Crippen LogP contribution < -0.4 is 16.4 Å². The number of rotatable bonds is 5. The third kappa shape index (κ3) is 4.76. The second-order valence-corrected chi connectivity index (χ2v) is 3.89. The van der Waals surface area contributed by atoms with Gasteiger partial charge in [-0.3, -0.25) is 14.4 Å². The minimum atomic E-state index is -1.41. The molecule has 0 aliphatic carbocycles. The molecular weight excluding hydrogens is 250 g/mol. The average molecular weight is 265 g/mol. The first-order valence-electron chi connectivity index (χ1n) is 5.53. The zero-order chi connectivity index (χ0) is 14.4. The molecule has 19 heavy (non-hydrogen) atoms. The van der Waals surface area contributed by atoms with Crippen LogP contribution in [-0.4, -0.2) is 35.5 Å². The molecule has 0 fully saturated rings. The summed E-state index contributed by atoms with van der Waals surface area (Å²) in [5, 5.41) is 14.1. The third-order valence-corrected chi connectivity index (χ3v) is 2.25. The Balaban J connectivity index is 2.58. The summed E-state index contributed by atoms with van der Waals surface area (Å²) in [6, 6.07) is 6.16. The number of anilines is 1. The smallest absolute Gasteiger partial charge is 0.251 e. The predicted molar refractivity (Wildman–Crippen MR) is 68.3 cm³/mol. The zero-order valence-electron chi connectivity index (χ0n) is 10.3. The van der Waals surface area contributed by atoms with Gasteiger partial charge in [-0.25, -0.2) is 0 Å². The Morgan fingerprint density at radius 3 is 2.32 bits per heavy atom. The number of primary amides is 1. The van der Waals surface area contributed by atoms with Gasteiger partial charge in [0, 0.05) is 18.2 Å². The summed E-state index contributed by atoms with van der Waals surface area (Å²) in [6.07, 6.45) is -1.41.